The van der Waals surface area contributed by atoms with E-state index in [1.807, 2.05) is 19.2 Å². The van der Waals surface area contributed by atoms with Gasteiger partial charge in [0.1, 0.15) is 5.82 Å². The van der Waals surface area contributed by atoms with Crippen LogP contribution in [0.15, 0.2) is 59.6 Å². The number of hydrogen-bond acceptors (Lipinski definition) is 4. The molecular weight excluding hydrogens is 365 g/mol. The number of anilines is 1. The average Bonchev–Trinajstić information content (AvgIpc) is 3.10. The molecule has 2 aromatic carbocycles. The Morgan fingerprint density at radius 1 is 1.11 bits per heavy atom. The summed E-state index contributed by atoms with van der Waals surface area (Å²) in [7, 11) is -1.83. The summed E-state index contributed by atoms with van der Waals surface area (Å²) in [6.07, 6.45) is 4.61. The van der Waals surface area contributed by atoms with E-state index in [1.165, 1.54) is 28.4 Å². The summed E-state index contributed by atoms with van der Waals surface area (Å²) in [5.41, 5.74) is 0.814. The monoisotopic (exact) mass is 387 g/mol. The van der Waals surface area contributed by atoms with Gasteiger partial charge in [0.2, 0.25) is 0 Å². The lowest BCUT2D eigenvalue weighted by atomic mass is 10.1. The predicted octanol–water partition coefficient (Wildman–Crippen LogP) is 3.87. The van der Waals surface area contributed by atoms with E-state index >= 15 is 0 Å². The fraction of sp³-hybridized carbons (Fsp3) is 0.300. The van der Waals surface area contributed by atoms with Crippen molar-refractivity contribution in [2.75, 3.05) is 18.9 Å². The molecule has 5 nitrogen and oxygen atoms in total. The molecule has 0 bridgehead atoms. The van der Waals surface area contributed by atoms with Gasteiger partial charge in [-0.1, -0.05) is 18.2 Å². The van der Waals surface area contributed by atoms with Crippen molar-refractivity contribution in [1.29, 1.82) is 0 Å². The van der Waals surface area contributed by atoms with E-state index in [1.54, 1.807) is 18.2 Å². The number of halogens is 1. The van der Waals surface area contributed by atoms with E-state index < -0.39 is 15.8 Å². The molecule has 1 N–H and O–H groups in total. The largest absolute Gasteiger partial charge is 0.367 e. The fourth-order valence-electron chi connectivity index (χ4n) is 3.59. The Bertz CT molecular complexity index is 1080. The van der Waals surface area contributed by atoms with Gasteiger partial charge in [0.15, 0.2) is 0 Å². The van der Waals surface area contributed by atoms with Gasteiger partial charge in [-0.25, -0.2) is 16.8 Å². The van der Waals surface area contributed by atoms with E-state index in [2.05, 4.69) is 10.2 Å². The Balaban J connectivity index is 1.71. The number of nitrogens with one attached hydrogen (secondary N) is 1. The van der Waals surface area contributed by atoms with Gasteiger partial charge < -0.3 is 5.32 Å². The van der Waals surface area contributed by atoms with Crippen molar-refractivity contribution >= 4 is 26.6 Å². The van der Waals surface area contributed by atoms with Crippen LogP contribution in [0.5, 0.6) is 0 Å². The molecule has 1 atom stereocenters. The van der Waals surface area contributed by atoms with E-state index in [0.717, 1.165) is 31.2 Å². The van der Waals surface area contributed by atoms with Crippen LogP contribution in [0.1, 0.15) is 19.3 Å². The quantitative estimate of drug-likeness (QED) is 0.738. The first-order chi connectivity index (χ1) is 13.0. The third-order valence-electron chi connectivity index (χ3n) is 5.15. The van der Waals surface area contributed by atoms with Crippen molar-refractivity contribution < 1.29 is 12.8 Å². The standard InChI is InChI=1S/C20H22FN3O2S/c1-23-12-5-4-8-20(23)22-18-14-16(9-10-17(18)21)27(25,26)24-13-11-15-6-2-3-7-19(15)24/h2-3,6-7,9-11,13-14,20,22H,4-5,8,12H2,1H3. The number of fused-ring (bicyclic) bond motifs is 1. The molecule has 3 aromatic rings. The molecule has 0 saturated carbocycles. The van der Waals surface area contributed by atoms with Gasteiger partial charge in [-0.3, -0.25) is 4.90 Å². The fourth-order valence-corrected chi connectivity index (χ4v) is 4.97. The van der Waals surface area contributed by atoms with Gasteiger partial charge in [-0.05, 0) is 63.2 Å². The Morgan fingerprint density at radius 2 is 1.93 bits per heavy atom. The molecule has 7 heteroatoms. The number of aromatic nitrogens is 1. The summed E-state index contributed by atoms with van der Waals surface area (Å²) in [5, 5.41) is 4.01. The molecule has 1 fully saturated rings. The van der Waals surface area contributed by atoms with Gasteiger partial charge in [-0.15, -0.1) is 0 Å². The van der Waals surface area contributed by atoms with Gasteiger partial charge in [0, 0.05) is 11.6 Å². The third kappa shape index (κ3) is 3.33. The normalized spacial score (nSPS) is 18.7. The smallest absolute Gasteiger partial charge is 0.268 e. The molecule has 4 rings (SSSR count). The minimum Gasteiger partial charge on any atom is -0.367 e. The minimum atomic E-state index is -3.82. The van der Waals surface area contributed by atoms with Crippen LogP contribution >= 0.6 is 0 Å². The summed E-state index contributed by atoms with van der Waals surface area (Å²) in [5.74, 6) is -0.453. The van der Waals surface area contributed by atoms with Crippen LogP contribution in [0.4, 0.5) is 10.1 Å². The van der Waals surface area contributed by atoms with Crippen LogP contribution in [0.25, 0.3) is 10.9 Å². The summed E-state index contributed by atoms with van der Waals surface area (Å²) < 4.78 is 41.9. The SMILES string of the molecule is CN1CCCCC1Nc1cc(S(=O)(=O)n2ccc3ccccc32)ccc1F. The second-order valence-corrected chi connectivity index (χ2v) is 8.77. The van der Waals surface area contributed by atoms with Crippen LogP contribution < -0.4 is 5.32 Å². The first-order valence-electron chi connectivity index (χ1n) is 9.05. The highest BCUT2D eigenvalue weighted by Crippen LogP contribution is 2.27. The maximum Gasteiger partial charge on any atom is 0.268 e. The topological polar surface area (TPSA) is 54.3 Å². The van der Waals surface area contributed by atoms with Gasteiger partial charge in [-0.2, -0.15) is 0 Å². The lowest BCUT2D eigenvalue weighted by Gasteiger charge is -2.33. The lowest BCUT2D eigenvalue weighted by Crippen LogP contribution is -2.41. The highest BCUT2D eigenvalue weighted by atomic mass is 32.2. The molecular formula is C20H22FN3O2S. The number of rotatable bonds is 4. The first kappa shape index (κ1) is 18.0. The van der Waals surface area contributed by atoms with Crippen molar-refractivity contribution in [3.63, 3.8) is 0 Å². The molecule has 2 heterocycles. The average molecular weight is 387 g/mol. The van der Waals surface area contributed by atoms with Crippen molar-refractivity contribution in [1.82, 2.24) is 8.87 Å². The summed E-state index contributed by atoms with van der Waals surface area (Å²) >= 11 is 0. The number of hydrogen-bond donors (Lipinski definition) is 1. The van der Waals surface area contributed by atoms with E-state index in [0.29, 0.717) is 5.52 Å². The molecule has 0 aliphatic carbocycles. The molecule has 142 valence electrons. The highest BCUT2D eigenvalue weighted by molar-refractivity contribution is 7.90. The zero-order chi connectivity index (χ0) is 19.0. The molecule has 1 saturated heterocycles. The van der Waals surface area contributed by atoms with Crippen molar-refractivity contribution in [2.24, 2.45) is 0 Å². The predicted molar refractivity (Wildman–Crippen MR) is 105 cm³/mol. The van der Waals surface area contributed by atoms with E-state index in [9.17, 15) is 12.8 Å². The maximum absolute atomic E-state index is 14.4. The molecule has 0 amide bonds. The molecule has 1 aliphatic heterocycles. The highest BCUT2D eigenvalue weighted by Gasteiger charge is 2.23. The van der Waals surface area contributed by atoms with Crippen LogP contribution in [0.2, 0.25) is 0 Å². The van der Waals surface area contributed by atoms with Crippen LogP contribution in [-0.4, -0.2) is 37.0 Å². The van der Waals surface area contributed by atoms with E-state index in [4.69, 9.17) is 0 Å². The van der Waals surface area contributed by atoms with Crippen LogP contribution in [0.3, 0.4) is 0 Å². The second kappa shape index (κ2) is 6.98. The second-order valence-electron chi connectivity index (χ2n) is 6.95. The van der Waals surface area contributed by atoms with E-state index in [-0.39, 0.29) is 16.7 Å². The Morgan fingerprint density at radius 3 is 2.74 bits per heavy atom. The van der Waals surface area contributed by atoms with Crippen LogP contribution in [-0.2, 0) is 10.0 Å². The third-order valence-corrected chi connectivity index (χ3v) is 6.84. The molecule has 0 radical (unpaired) electrons. The number of nitrogens with zero attached hydrogens (tertiary/aromatic N) is 2. The summed E-state index contributed by atoms with van der Waals surface area (Å²) in [4.78, 5) is 2.19. The number of piperidine rings is 1. The minimum absolute atomic E-state index is 0.00128. The Hall–Kier alpha value is -2.38. The summed E-state index contributed by atoms with van der Waals surface area (Å²) in [6.45, 7) is 0.937. The zero-order valence-electron chi connectivity index (χ0n) is 15.1. The molecule has 0 spiro atoms. The summed E-state index contributed by atoms with van der Waals surface area (Å²) in [6, 6.07) is 12.9. The van der Waals surface area contributed by atoms with Gasteiger partial charge >= 0.3 is 0 Å². The Kier molecular flexibility index (Phi) is 4.65. The van der Waals surface area contributed by atoms with Crippen molar-refractivity contribution in [2.45, 2.75) is 30.3 Å². The number of para-hydroxylation sites is 1. The molecule has 1 aliphatic rings. The van der Waals surface area contributed by atoms with Gasteiger partial charge in [0.25, 0.3) is 10.0 Å². The Labute approximate surface area is 158 Å². The van der Waals surface area contributed by atoms with Crippen molar-refractivity contribution in [3.8, 4) is 0 Å². The number of benzene rings is 2. The zero-order valence-corrected chi connectivity index (χ0v) is 15.9. The molecule has 1 aromatic heterocycles. The van der Waals surface area contributed by atoms with Crippen LogP contribution in [0, 0.1) is 5.82 Å². The van der Waals surface area contributed by atoms with Crippen molar-refractivity contribution in [3.05, 3.63) is 60.5 Å². The maximum atomic E-state index is 14.4. The molecule has 27 heavy (non-hydrogen) atoms. The lowest BCUT2D eigenvalue weighted by molar-refractivity contribution is 0.206. The number of likely N-dealkylation sites (tertiary alicyclic amines) is 1. The van der Waals surface area contributed by atoms with Gasteiger partial charge in [0.05, 0.1) is 22.3 Å². The molecule has 1 unspecified atom stereocenters. The first-order valence-corrected chi connectivity index (χ1v) is 10.5.